The van der Waals surface area contributed by atoms with E-state index >= 15 is 0 Å². The van der Waals surface area contributed by atoms with Gasteiger partial charge in [0.1, 0.15) is 0 Å². The van der Waals surface area contributed by atoms with E-state index in [4.69, 9.17) is 5.11 Å². The van der Waals surface area contributed by atoms with Gasteiger partial charge in [-0.25, -0.2) is 0 Å². The molecule has 5 heteroatoms. The zero-order valence-electron chi connectivity index (χ0n) is 12.2. The van der Waals surface area contributed by atoms with Gasteiger partial charge in [0.2, 0.25) is 0 Å². The van der Waals surface area contributed by atoms with Crippen molar-refractivity contribution in [3.8, 4) is 0 Å². The van der Waals surface area contributed by atoms with E-state index in [2.05, 4.69) is 10.6 Å². The van der Waals surface area contributed by atoms with E-state index in [9.17, 15) is 9.59 Å². The Morgan fingerprint density at radius 1 is 0.955 bits per heavy atom. The van der Waals surface area contributed by atoms with Gasteiger partial charge in [-0.2, -0.15) is 0 Å². The maximum atomic E-state index is 12.0. The summed E-state index contributed by atoms with van der Waals surface area (Å²) in [6.07, 6.45) is 0. The molecule has 114 valence electrons. The average Bonchev–Trinajstić information content (AvgIpc) is 2.56. The molecule has 0 fully saturated rings. The molecule has 0 heterocycles. The van der Waals surface area contributed by atoms with E-state index in [-0.39, 0.29) is 24.5 Å². The Morgan fingerprint density at radius 3 is 2.14 bits per heavy atom. The standard InChI is InChI=1S/C17H18N2O3/c1-12(11-20)18-16(21)14-7-9-15(10-8-14)19-17(22)13-5-3-2-4-6-13/h2-10,12,20H,11H2,1H3,(H,18,21)(H,19,22). The summed E-state index contributed by atoms with van der Waals surface area (Å²) in [5, 5.41) is 14.3. The van der Waals surface area contributed by atoms with Crippen LogP contribution in [0.5, 0.6) is 0 Å². The predicted molar refractivity (Wildman–Crippen MR) is 84.9 cm³/mol. The van der Waals surface area contributed by atoms with E-state index in [0.29, 0.717) is 16.8 Å². The van der Waals surface area contributed by atoms with E-state index in [0.717, 1.165) is 0 Å². The van der Waals surface area contributed by atoms with Crippen LogP contribution in [0, 0.1) is 0 Å². The van der Waals surface area contributed by atoms with E-state index in [1.165, 1.54) is 0 Å². The molecule has 1 unspecified atom stereocenters. The number of aliphatic hydroxyl groups is 1. The van der Waals surface area contributed by atoms with Crippen LogP contribution in [-0.4, -0.2) is 29.6 Å². The van der Waals surface area contributed by atoms with Crippen molar-refractivity contribution < 1.29 is 14.7 Å². The maximum absolute atomic E-state index is 12.0. The largest absolute Gasteiger partial charge is 0.394 e. The van der Waals surface area contributed by atoms with Gasteiger partial charge >= 0.3 is 0 Å². The molecule has 2 amide bonds. The predicted octanol–water partition coefficient (Wildman–Crippen LogP) is 2.05. The van der Waals surface area contributed by atoms with Crippen LogP contribution in [0.25, 0.3) is 0 Å². The van der Waals surface area contributed by atoms with Crippen LogP contribution >= 0.6 is 0 Å². The first-order valence-corrected chi connectivity index (χ1v) is 6.98. The third-order valence-electron chi connectivity index (χ3n) is 3.09. The topological polar surface area (TPSA) is 78.4 Å². The highest BCUT2D eigenvalue weighted by Gasteiger charge is 2.09. The Kier molecular flexibility index (Phi) is 5.27. The monoisotopic (exact) mass is 298 g/mol. The Balaban J connectivity index is 2.00. The number of anilines is 1. The van der Waals surface area contributed by atoms with Crippen molar-refractivity contribution in [1.29, 1.82) is 0 Å². The fourth-order valence-electron chi connectivity index (χ4n) is 1.85. The van der Waals surface area contributed by atoms with Crippen molar-refractivity contribution in [2.75, 3.05) is 11.9 Å². The highest BCUT2D eigenvalue weighted by molar-refractivity contribution is 6.04. The van der Waals surface area contributed by atoms with Gasteiger partial charge < -0.3 is 15.7 Å². The minimum atomic E-state index is -0.301. The van der Waals surface area contributed by atoms with Crippen LogP contribution in [0.4, 0.5) is 5.69 Å². The normalized spacial score (nSPS) is 11.5. The molecule has 0 spiro atoms. The summed E-state index contributed by atoms with van der Waals surface area (Å²) in [5.41, 5.74) is 1.65. The van der Waals surface area contributed by atoms with Gasteiger partial charge in [0, 0.05) is 22.9 Å². The molecule has 0 saturated carbocycles. The molecule has 2 rings (SSSR count). The van der Waals surface area contributed by atoms with Crippen molar-refractivity contribution in [2.24, 2.45) is 0 Å². The summed E-state index contributed by atoms with van der Waals surface area (Å²) in [6.45, 7) is 1.60. The Bertz CT molecular complexity index is 639. The van der Waals surface area contributed by atoms with Gasteiger partial charge in [-0.15, -0.1) is 0 Å². The molecule has 3 N–H and O–H groups in total. The van der Waals surface area contributed by atoms with Gasteiger partial charge in [0.15, 0.2) is 0 Å². The second kappa shape index (κ2) is 7.38. The van der Waals surface area contributed by atoms with Crippen LogP contribution in [0.2, 0.25) is 0 Å². The van der Waals surface area contributed by atoms with Gasteiger partial charge in [-0.1, -0.05) is 18.2 Å². The first-order valence-electron chi connectivity index (χ1n) is 6.98. The summed E-state index contributed by atoms with van der Waals surface area (Å²) < 4.78 is 0. The summed E-state index contributed by atoms with van der Waals surface area (Å²) >= 11 is 0. The molecule has 0 aliphatic heterocycles. The van der Waals surface area contributed by atoms with Gasteiger partial charge in [0.05, 0.1) is 6.61 Å². The molecule has 22 heavy (non-hydrogen) atoms. The minimum Gasteiger partial charge on any atom is -0.394 e. The van der Waals surface area contributed by atoms with Crippen LogP contribution < -0.4 is 10.6 Å². The van der Waals surface area contributed by atoms with Crippen molar-refractivity contribution in [2.45, 2.75) is 13.0 Å². The van der Waals surface area contributed by atoms with Gasteiger partial charge in [0.25, 0.3) is 11.8 Å². The number of rotatable bonds is 5. The van der Waals surface area contributed by atoms with E-state index in [1.54, 1.807) is 55.5 Å². The molecule has 0 aliphatic rings. The number of hydrogen-bond acceptors (Lipinski definition) is 3. The Morgan fingerprint density at radius 2 is 1.55 bits per heavy atom. The summed E-state index contributed by atoms with van der Waals surface area (Å²) in [5.74, 6) is -0.464. The molecule has 2 aromatic rings. The minimum absolute atomic E-state index is 0.114. The SMILES string of the molecule is CC(CO)NC(=O)c1ccc(NC(=O)c2ccccc2)cc1. The van der Waals surface area contributed by atoms with Crippen LogP contribution in [0.1, 0.15) is 27.6 Å². The maximum Gasteiger partial charge on any atom is 0.255 e. The fourth-order valence-corrected chi connectivity index (χ4v) is 1.85. The molecule has 0 aromatic heterocycles. The number of carbonyl (C=O) groups excluding carboxylic acids is 2. The number of nitrogens with one attached hydrogen (secondary N) is 2. The number of amides is 2. The molecule has 0 aliphatic carbocycles. The van der Waals surface area contributed by atoms with Crippen molar-refractivity contribution in [3.63, 3.8) is 0 Å². The Hall–Kier alpha value is -2.66. The zero-order chi connectivity index (χ0) is 15.9. The molecule has 2 aromatic carbocycles. The van der Waals surface area contributed by atoms with Crippen molar-refractivity contribution >= 4 is 17.5 Å². The number of carbonyl (C=O) groups is 2. The summed E-state index contributed by atoms with van der Waals surface area (Å²) in [6, 6.07) is 15.2. The lowest BCUT2D eigenvalue weighted by Gasteiger charge is -2.11. The molecule has 1 atom stereocenters. The first-order chi connectivity index (χ1) is 10.6. The highest BCUT2D eigenvalue weighted by Crippen LogP contribution is 2.11. The number of benzene rings is 2. The smallest absolute Gasteiger partial charge is 0.255 e. The van der Waals surface area contributed by atoms with Crippen molar-refractivity contribution in [1.82, 2.24) is 5.32 Å². The zero-order valence-corrected chi connectivity index (χ0v) is 12.2. The molecule has 0 saturated heterocycles. The quantitative estimate of drug-likeness (QED) is 0.790. The number of aliphatic hydroxyl groups excluding tert-OH is 1. The number of hydrogen-bond donors (Lipinski definition) is 3. The Labute approximate surface area is 129 Å². The lowest BCUT2D eigenvalue weighted by molar-refractivity contribution is 0.0922. The second-order valence-electron chi connectivity index (χ2n) is 4.95. The third kappa shape index (κ3) is 4.17. The van der Waals surface area contributed by atoms with Gasteiger partial charge in [-0.05, 0) is 43.3 Å². The van der Waals surface area contributed by atoms with Crippen LogP contribution in [0.3, 0.4) is 0 Å². The molecule has 0 radical (unpaired) electrons. The third-order valence-corrected chi connectivity index (χ3v) is 3.09. The van der Waals surface area contributed by atoms with Gasteiger partial charge in [-0.3, -0.25) is 9.59 Å². The fraction of sp³-hybridized carbons (Fsp3) is 0.176. The molecular formula is C17H18N2O3. The molecular weight excluding hydrogens is 280 g/mol. The molecule has 0 bridgehead atoms. The van der Waals surface area contributed by atoms with Crippen molar-refractivity contribution in [3.05, 3.63) is 65.7 Å². The summed E-state index contributed by atoms with van der Waals surface area (Å²) in [7, 11) is 0. The lowest BCUT2D eigenvalue weighted by Crippen LogP contribution is -2.34. The lowest BCUT2D eigenvalue weighted by atomic mass is 10.1. The second-order valence-corrected chi connectivity index (χ2v) is 4.95. The van der Waals surface area contributed by atoms with E-state index < -0.39 is 0 Å². The highest BCUT2D eigenvalue weighted by atomic mass is 16.3. The average molecular weight is 298 g/mol. The first kappa shape index (κ1) is 15.7. The van der Waals surface area contributed by atoms with Crippen LogP contribution in [-0.2, 0) is 0 Å². The van der Waals surface area contributed by atoms with Crippen LogP contribution in [0.15, 0.2) is 54.6 Å². The van der Waals surface area contributed by atoms with E-state index in [1.807, 2.05) is 6.07 Å². The molecule has 5 nitrogen and oxygen atoms in total. The summed E-state index contributed by atoms with van der Waals surface area (Å²) in [4.78, 5) is 23.9.